The maximum absolute atomic E-state index is 12.2. The molecule has 5 nitrogen and oxygen atoms in total. The summed E-state index contributed by atoms with van der Waals surface area (Å²) in [6.45, 7) is 2.41. The molecule has 2 aliphatic heterocycles. The normalized spacial score (nSPS) is 30.4. The molecule has 0 saturated carbocycles. The molecule has 3 N–H and O–H groups in total. The van der Waals surface area contributed by atoms with E-state index in [-0.39, 0.29) is 23.8 Å². The molecule has 0 aromatic carbocycles. The van der Waals surface area contributed by atoms with Gasteiger partial charge in [-0.25, -0.2) is 0 Å². The Bertz CT molecular complexity index is 287. The number of carbonyl (C=O) groups excluding carboxylic acids is 2. The van der Waals surface area contributed by atoms with Crippen LogP contribution in [0, 0.1) is 5.92 Å². The van der Waals surface area contributed by atoms with Gasteiger partial charge in [-0.15, -0.1) is 0 Å². The Morgan fingerprint density at radius 3 is 2.69 bits per heavy atom. The average molecular weight is 225 g/mol. The van der Waals surface area contributed by atoms with Crippen LogP contribution in [0.5, 0.6) is 0 Å². The van der Waals surface area contributed by atoms with Crippen LogP contribution in [0.4, 0.5) is 0 Å². The van der Waals surface area contributed by atoms with Gasteiger partial charge in [-0.05, 0) is 32.2 Å². The average Bonchev–Trinajstić information content (AvgIpc) is 2.78. The summed E-state index contributed by atoms with van der Waals surface area (Å²) in [5.41, 5.74) is 5.31. The van der Waals surface area contributed by atoms with E-state index in [1.165, 1.54) is 0 Å². The van der Waals surface area contributed by atoms with Crippen LogP contribution in [0.1, 0.15) is 25.7 Å². The summed E-state index contributed by atoms with van der Waals surface area (Å²) in [6.07, 6.45) is 3.57. The monoisotopic (exact) mass is 225 g/mol. The lowest BCUT2D eigenvalue weighted by Crippen LogP contribution is -2.48. The van der Waals surface area contributed by atoms with Crippen LogP contribution < -0.4 is 11.1 Å². The summed E-state index contributed by atoms with van der Waals surface area (Å²) in [5.74, 6) is -0.225. The minimum absolute atomic E-state index is 0.0358. The fourth-order valence-corrected chi connectivity index (χ4v) is 2.62. The van der Waals surface area contributed by atoms with Crippen LogP contribution in [0.25, 0.3) is 0 Å². The van der Waals surface area contributed by atoms with Crippen LogP contribution in [0.2, 0.25) is 0 Å². The zero-order valence-electron chi connectivity index (χ0n) is 9.45. The lowest BCUT2D eigenvalue weighted by molar-refractivity contribution is -0.141. The second-order valence-electron chi connectivity index (χ2n) is 4.64. The number of hydrogen-bond acceptors (Lipinski definition) is 3. The van der Waals surface area contributed by atoms with Gasteiger partial charge in [0, 0.05) is 13.1 Å². The Balaban J connectivity index is 1.99. The van der Waals surface area contributed by atoms with Gasteiger partial charge in [-0.2, -0.15) is 0 Å². The van der Waals surface area contributed by atoms with Crippen molar-refractivity contribution in [2.75, 3.05) is 19.6 Å². The Labute approximate surface area is 95.3 Å². The molecule has 0 bridgehead atoms. The molecule has 16 heavy (non-hydrogen) atoms. The molecular formula is C11H19N3O2. The zero-order valence-corrected chi connectivity index (χ0v) is 9.45. The Kier molecular flexibility index (Phi) is 3.43. The fourth-order valence-electron chi connectivity index (χ4n) is 2.62. The van der Waals surface area contributed by atoms with Gasteiger partial charge in [-0.3, -0.25) is 9.59 Å². The van der Waals surface area contributed by atoms with E-state index in [9.17, 15) is 9.59 Å². The summed E-state index contributed by atoms with van der Waals surface area (Å²) in [4.78, 5) is 25.1. The van der Waals surface area contributed by atoms with Crippen molar-refractivity contribution in [2.45, 2.75) is 31.7 Å². The van der Waals surface area contributed by atoms with Gasteiger partial charge in [-0.1, -0.05) is 0 Å². The molecule has 2 aliphatic rings. The van der Waals surface area contributed by atoms with Crippen LogP contribution in [-0.4, -0.2) is 42.4 Å². The summed E-state index contributed by atoms with van der Waals surface area (Å²) in [5, 5.41) is 3.22. The Morgan fingerprint density at radius 1 is 1.25 bits per heavy atom. The van der Waals surface area contributed by atoms with Crippen molar-refractivity contribution >= 4 is 11.8 Å². The van der Waals surface area contributed by atoms with E-state index >= 15 is 0 Å². The van der Waals surface area contributed by atoms with Gasteiger partial charge in [0.15, 0.2) is 0 Å². The third kappa shape index (κ3) is 2.19. The molecule has 5 heteroatoms. The van der Waals surface area contributed by atoms with Crippen molar-refractivity contribution in [2.24, 2.45) is 11.7 Å². The predicted octanol–water partition coefficient (Wildman–Crippen LogP) is -0.538. The summed E-state index contributed by atoms with van der Waals surface area (Å²) in [7, 11) is 0. The molecule has 0 aliphatic carbocycles. The fraction of sp³-hybridized carbons (Fsp3) is 0.818. The van der Waals surface area contributed by atoms with Crippen molar-refractivity contribution in [1.29, 1.82) is 0 Å². The third-order valence-corrected chi connectivity index (χ3v) is 3.51. The lowest BCUT2D eigenvalue weighted by Gasteiger charge is -2.29. The van der Waals surface area contributed by atoms with E-state index in [4.69, 9.17) is 5.73 Å². The van der Waals surface area contributed by atoms with Crippen LogP contribution in [0.3, 0.4) is 0 Å². The number of rotatable bonds is 2. The van der Waals surface area contributed by atoms with E-state index in [1.54, 1.807) is 4.90 Å². The molecule has 2 heterocycles. The van der Waals surface area contributed by atoms with Gasteiger partial charge in [0.2, 0.25) is 11.8 Å². The molecular weight excluding hydrogens is 206 g/mol. The van der Waals surface area contributed by atoms with Gasteiger partial charge < -0.3 is 16.0 Å². The first-order valence-corrected chi connectivity index (χ1v) is 6.00. The standard InChI is InChI=1S/C11H19N3O2/c12-10(15)9-4-2-6-14(9)11(16)8-3-1-5-13-7-8/h8-9,13H,1-7H2,(H2,12,15). The first-order valence-electron chi connectivity index (χ1n) is 6.00. The van der Waals surface area contributed by atoms with Gasteiger partial charge in [0.05, 0.1) is 5.92 Å². The van der Waals surface area contributed by atoms with Gasteiger partial charge >= 0.3 is 0 Å². The number of amides is 2. The van der Waals surface area contributed by atoms with Crippen molar-refractivity contribution in [3.05, 3.63) is 0 Å². The highest BCUT2D eigenvalue weighted by molar-refractivity contribution is 5.88. The van der Waals surface area contributed by atoms with Crippen molar-refractivity contribution in [3.63, 3.8) is 0 Å². The highest BCUT2D eigenvalue weighted by atomic mass is 16.2. The Hall–Kier alpha value is -1.10. The van der Waals surface area contributed by atoms with Crippen molar-refractivity contribution < 1.29 is 9.59 Å². The molecule has 0 radical (unpaired) electrons. The number of hydrogen-bond donors (Lipinski definition) is 2. The topological polar surface area (TPSA) is 75.4 Å². The first kappa shape index (κ1) is 11.4. The second-order valence-corrected chi connectivity index (χ2v) is 4.64. The molecule has 2 amide bonds. The van der Waals surface area contributed by atoms with E-state index in [0.29, 0.717) is 6.54 Å². The summed E-state index contributed by atoms with van der Waals surface area (Å²) >= 11 is 0. The molecule has 0 spiro atoms. The lowest BCUT2D eigenvalue weighted by atomic mass is 9.98. The minimum Gasteiger partial charge on any atom is -0.368 e. The number of nitrogens with one attached hydrogen (secondary N) is 1. The summed E-state index contributed by atoms with van der Waals surface area (Å²) in [6, 6.07) is -0.366. The number of primary amides is 1. The quantitative estimate of drug-likeness (QED) is 0.663. The maximum Gasteiger partial charge on any atom is 0.240 e. The zero-order chi connectivity index (χ0) is 11.5. The van der Waals surface area contributed by atoms with Crippen molar-refractivity contribution in [1.82, 2.24) is 10.2 Å². The second kappa shape index (κ2) is 4.82. The number of nitrogens with zero attached hydrogens (tertiary/aromatic N) is 1. The molecule has 90 valence electrons. The number of piperidine rings is 1. The highest BCUT2D eigenvalue weighted by Gasteiger charge is 2.36. The van der Waals surface area contributed by atoms with Crippen molar-refractivity contribution in [3.8, 4) is 0 Å². The SMILES string of the molecule is NC(=O)C1CCCN1C(=O)C1CCCNC1. The molecule has 2 atom stereocenters. The molecule has 0 aromatic heterocycles. The number of nitrogens with two attached hydrogens (primary N) is 1. The molecule has 2 saturated heterocycles. The molecule has 2 rings (SSSR count). The largest absolute Gasteiger partial charge is 0.368 e. The predicted molar refractivity (Wildman–Crippen MR) is 59.5 cm³/mol. The van der Waals surface area contributed by atoms with E-state index in [2.05, 4.69) is 5.32 Å². The van der Waals surface area contributed by atoms with Gasteiger partial charge in [0.25, 0.3) is 0 Å². The highest BCUT2D eigenvalue weighted by Crippen LogP contribution is 2.22. The van der Waals surface area contributed by atoms with E-state index in [1.807, 2.05) is 0 Å². The first-order chi connectivity index (χ1) is 7.70. The summed E-state index contributed by atoms with van der Waals surface area (Å²) < 4.78 is 0. The molecule has 2 fully saturated rings. The molecule has 2 unspecified atom stereocenters. The van der Waals surface area contributed by atoms with Crippen LogP contribution in [0.15, 0.2) is 0 Å². The maximum atomic E-state index is 12.2. The van der Waals surface area contributed by atoms with Crippen LogP contribution >= 0.6 is 0 Å². The molecule has 0 aromatic rings. The minimum atomic E-state index is -0.366. The number of carbonyl (C=O) groups is 2. The smallest absolute Gasteiger partial charge is 0.240 e. The Morgan fingerprint density at radius 2 is 2.06 bits per heavy atom. The van der Waals surface area contributed by atoms with E-state index < -0.39 is 0 Å². The third-order valence-electron chi connectivity index (χ3n) is 3.51. The van der Waals surface area contributed by atoms with Crippen LogP contribution in [-0.2, 0) is 9.59 Å². The van der Waals surface area contributed by atoms with Gasteiger partial charge in [0.1, 0.15) is 6.04 Å². The number of likely N-dealkylation sites (tertiary alicyclic amines) is 1. The van der Waals surface area contributed by atoms with E-state index in [0.717, 1.165) is 38.8 Å².